The molecule has 0 radical (unpaired) electrons. The maximum Gasteiger partial charge on any atom is 0.427 e. The summed E-state index contributed by atoms with van der Waals surface area (Å²) in [6.07, 6.45) is -0.403. The number of hydrogen-bond acceptors (Lipinski definition) is 7. The Morgan fingerprint density at radius 3 is 2.46 bits per heavy atom. The zero-order valence-corrected chi connectivity index (χ0v) is 16.0. The predicted molar refractivity (Wildman–Crippen MR) is 98.6 cm³/mol. The van der Waals surface area contributed by atoms with Gasteiger partial charge in [-0.05, 0) is 26.0 Å². The van der Waals surface area contributed by atoms with Gasteiger partial charge in [0.15, 0.2) is 11.9 Å². The second kappa shape index (κ2) is 7.97. The first-order valence-corrected chi connectivity index (χ1v) is 8.56. The predicted octanol–water partition coefficient (Wildman–Crippen LogP) is 3.05. The number of allylic oxidation sites excluding steroid dienone is 1. The highest BCUT2D eigenvalue weighted by Gasteiger charge is 2.29. The van der Waals surface area contributed by atoms with Crippen LogP contribution < -0.4 is 20.9 Å². The van der Waals surface area contributed by atoms with Crippen LogP contribution in [0.2, 0.25) is 10.0 Å². The van der Waals surface area contributed by atoms with Gasteiger partial charge < -0.3 is 14.9 Å². The molecule has 28 heavy (non-hydrogen) atoms. The van der Waals surface area contributed by atoms with Crippen molar-refractivity contribution in [3.8, 4) is 5.75 Å². The number of rotatable bonds is 4. The van der Waals surface area contributed by atoms with Gasteiger partial charge in [0.05, 0.1) is 10.0 Å². The number of hydrogen-bond donors (Lipinski definition) is 3. The summed E-state index contributed by atoms with van der Waals surface area (Å²) >= 11 is 12.4. The van der Waals surface area contributed by atoms with Crippen LogP contribution >= 0.6 is 23.2 Å². The molecule has 3 amide bonds. The van der Waals surface area contributed by atoms with Gasteiger partial charge in [0.1, 0.15) is 0 Å². The maximum absolute atomic E-state index is 12.1. The molecule has 3 N–H and O–H groups in total. The normalized spacial score (nSPS) is 18.4. The van der Waals surface area contributed by atoms with Crippen LogP contribution in [0.15, 0.2) is 45.5 Å². The van der Waals surface area contributed by atoms with Gasteiger partial charge >= 0.3 is 6.09 Å². The first kappa shape index (κ1) is 19.8. The fraction of sp³-hybridized carbons (Fsp3) is 0.188. The van der Waals surface area contributed by atoms with Crippen molar-refractivity contribution < 1.29 is 24.0 Å². The third-order valence-electron chi connectivity index (χ3n) is 3.54. The lowest BCUT2D eigenvalue weighted by Crippen LogP contribution is -2.43. The summed E-state index contributed by atoms with van der Waals surface area (Å²) in [4.78, 5) is 39.1. The lowest BCUT2D eigenvalue weighted by atomic mass is 10.1. The largest absolute Gasteiger partial charge is 0.434 e. The van der Waals surface area contributed by atoms with E-state index in [4.69, 9.17) is 27.9 Å². The molecule has 1 atom stereocenters. The quantitative estimate of drug-likeness (QED) is 0.635. The number of anilines is 1. The molecule has 12 heteroatoms. The Morgan fingerprint density at radius 1 is 1.21 bits per heavy atom. The third kappa shape index (κ3) is 4.30. The monoisotopic (exact) mass is 425 g/mol. The summed E-state index contributed by atoms with van der Waals surface area (Å²) in [5.41, 5.74) is 3.57. The van der Waals surface area contributed by atoms with Crippen LogP contribution in [0.5, 0.6) is 5.75 Å². The van der Waals surface area contributed by atoms with Crippen LogP contribution in [0.25, 0.3) is 0 Å². The number of carbonyl (C=O) groups excluding carboxylic acids is 3. The van der Waals surface area contributed by atoms with Crippen LogP contribution in [-0.4, -0.2) is 24.1 Å². The van der Waals surface area contributed by atoms with Crippen LogP contribution in [-0.2, 0) is 14.4 Å². The van der Waals surface area contributed by atoms with Crippen molar-refractivity contribution in [2.24, 2.45) is 10.2 Å². The van der Waals surface area contributed by atoms with Gasteiger partial charge in [-0.25, -0.2) is 4.79 Å². The van der Waals surface area contributed by atoms with Gasteiger partial charge in [-0.3, -0.25) is 14.9 Å². The average molecular weight is 426 g/mol. The molecule has 10 nitrogen and oxygen atoms in total. The van der Waals surface area contributed by atoms with E-state index in [-0.39, 0.29) is 27.4 Å². The third-order valence-corrected chi connectivity index (χ3v) is 4.10. The summed E-state index contributed by atoms with van der Waals surface area (Å²) in [7, 11) is 0. The average Bonchev–Trinajstić information content (AvgIpc) is 3.06. The van der Waals surface area contributed by atoms with Crippen molar-refractivity contribution in [1.82, 2.24) is 10.8 Å². The summed E-state index contributed by atoms with van der Waals surface area (Å²) in [6, 6.07) is 2.79. The number of benzene rings is 1. The van der Waals surface area contributed by atoms with Crippen LogP contribution in [0.3, 0.4) is 0 Å². The zero-order chi connectivity index (χ0) is 20.4. The SMILES string of the molecule is CC(C)=C1C=C(Oc2c(Cl)cc(NC(=O)C3NOC(=O)N3)cc2Cl)N=NC1=O. The molecule has 1 saturated heterocycles. The Bertz CT molecular complexity index is 945. The number of nitrogens with zero attached hydrogens (tertiary/aromatic N) is 2. The van der Waals surface area contributed by atoms with E-state index in [1.807, 2.05) is 0 Å². The van der Waals surface area contributed by atoms with Crippen LogP contribution in [0, 0.1) is 0 Å². The standard InChI is InChI=1S/C16H13Cl2N5O5/c1-6(2)8-5-11(21-22-14(8)24)27-12-9(17)3-7(4-10(12)18)19-15(25)13-20-16(26)28-23-13/h3-5,13,23H,1-2H3,(H,19,25)(H,20,26). The van der Waals surface area contributed by atoms with E-state index >= 15 is 0 Å². The molecule has 146 valence electrons. The minimum Gasteiger partial charge on any atom is -0.434 e. The van der Waals surface area contributed by atoms with E-state index in [1.165, 1.54) is 18.2 Å². The molecule has 1 aromatic rings. The maximum atomic E-state index is 12.1. The van der Waals surface area contributed by atoms with E-state index in [1.54, 1.807) is 13.8 Å². The van der Waals surface area contributed by atoms with Crippen molar-refractivity contribution >= 4 is 46.8 Å². The zero-order valence-electron chi connectivity index (χ0n) is 14.5. The first-order valence-electron chi connectivity index (χ1n) is 7.80. The van der Waals surface area contributed by atoms with Crippen LogP contribution in [0.4, 0.5) is 10.5 Å². The highest BCUT2D eigenvalue weighted by molar-refractivity contribution is 6.37. The molecule has 0 aromatic heterocycles. The van der Waals surface area contributed by atoms with E-state index in [2.05, 4.69) is 31.2 Å². The molecule has 1 fully saturated rings. The Labute approximate surface area is 168 Å². The molecular formula is C16H13Cl2N5O5. The Balaban J connectivity index is 1.77. The molecule has 0 aliphatic carbocycles. The number of ether oxygens (including phenoxy) is 1. The number of carbonyl (C=O) groups is 3. The van der Waals surface area contributed by atoms with Crippen LogP contribution in [0.1, 0.15) is 13.8 Å². The second-order valence-electron chi connectivity index (χ2n) is 5.85. The molecule has 0 spiro atoms. The van der Waals surface area contributed by atoms with E-state index in [0.29, 0.717) is 5.57 Å². The van der Waals surface area contributed by atoms with Gasteiger partial charge in [-0.15, -0.1) is 15.7 Å². The molecule has 0 saturated carbocycles. The molecule has 2 aliphatic heterocycles. The Hall–Kier alpha value is -2.95. The minimum absolute atomic E-state index is 0.0337. The van der Waals surface area contributed by atoms with Crippen molar-refractivity contribution in [3.05, 3.63) is 45.3 Å². The van der Waals surface area contributed by atoms with E-state index < -0.39 is 24.1 Å². The lowest BCUT2D eigenvalue weighted by Gasteiger charge is -2.14. The number of halogens is 2. The van der Waals surface area contributed by atoms with Gasteiger partial charge in [0.2, 0.25) is 5.88 Å². The molecule has 1 aromatic carbocycles. The smallest absolute Gasteiger partial charge is 0.427 e. The van der Waals surface area contributed by atoms with Crippen molar-refractivity contribution in [2.45, 2.75) is 20.0 Å². The topological polar surface area (TPSA) is 130 Å². The highest BCUT2D eigenvalue weighted by atomic mass is 35.5. The molecule has 1 unspecified atom stereocenters. The number of azo groups is 1. The summed E-state index contributed by atoms with van der Waals surface area (Å²) in [5, 5.41) is 12.1. The Kier molecular flexibility index (Phi) is 5.63. The van der Waals surface area contributed by atoms with Gasteiger partial charge in [0.25, 0.3) is 11.8 Å². The van der Waals surface area contributed by atoms with E-state index in [9.17, 15) is 14.4 Å². The van der Waals surface area contributed by atoms with Crippen molar-refractivity contribution in [2.75, 3.05) is 5.32 Å². The molecular weight excluding hydrogens is 413 g/mol. The molecule has 2 heterocycles. The fourth-order valence-electron chi connectivity index (χ4n) is 2.23. The highest BCUT2D eigenvalue weighted by Crippen LogP contribution is 2.38. The van der Waals surface area contributed by atoms with Gasteiger partial charge in [-0.1, -0.05) is 28.8 Å². The molecule has 2 aliphatic rings. The molecule has 3 rings (SSSR count). The van der Waals surface area contributed by atoms with Gasteiger partial charge in [-0.2, -0.15) is 0 Å². The summed E-state index contributed by atoms with van der Waals surface area (Å²) in [5.74, 6) is -0.961. The second-order valence-corrected chi connectivity index (χ2v) is 6.66. The molecule has 0 bridgehead atoms. The Morgan fingerprint density at radius 2 is 1.89 bits per heavy atom. The lowest BCUT2D eigenvalue weighted by molar-refractivity contribution is -0.119. The number of amides is 3. The first-order chi connectivity index (χ1) is 13.2. The van der Waals surface area contributed by atoms with Crippen molar-refractivity contribution in [3.63, 3.8) is 0 Å². The summed E-state index contributed by atoms with van der Waals surface area (Å²) < 4.78 is 5.57. The minimum atomic E-state index is -1.06. The van der Waals surface area contributed by atoms with E-state index in [0.717, 1.165) is 5.57 Å². The number of hydroxylamine groups is 1. The van der Waals surface area contributed by atoms with Gasteiger partial charge in [0, 0.05) is 17.3 Å². The number of nitrogens with one attached hydrogen (secondary N) is 3. The fourth-order valence-corrected chi connectivity index (χ4v) is 2.79. The summed E-state index contributed by atoms with van der Waals surface area (Å²) in [6.45, 7) is 3.51. The van der Waals surface area contributed by atoms with Crippen molar-refractivity contribution in [1.29, 1.82) is 0 Å².